The van der Waals surface area contributed by atoms with E-state index in [9.17, 15) is 17.6 Å². The second-order valence-electron chi connectivity index (χ2n) is 8.85. The van der Waals surface area contributed by atoms with E-state index in [1.807, 2.05) is 13.0 Å². The van der Waals surface area contributed by atoms with E-state index in [1.54, 1.807) is 19.1 Å². The zero-order chi connectivity index (χ0) is 24.5. The summed E-state index contributed by atoms with van der Waals surface area (Å²) in [7, 11) is 0. The van der Waals surface area contributed by atoms with Crippen molar-refractivity contribution < 1.29 is 27.0 Å². The minimum absolute atomic E-state index is 0.00947. The smallest absolute Gasteiger partial charge is 0.200 e. The molecule has 2 aromatic carbocycles. The Morgan fingerprint density at radius 3 is 2.21 bits per heavy atom. The summed E-state index contributed by atoms with van der Waals surface area (Å²) in [6, 6.07) is 6.23. The van der Waals surface area contributed by atoms with Crippen LogP contribution in [0.25, 0.3) is 0 Å². The van der Waals surface area contributed by atoms with Crippen molar-refractivity contribution in [2.45, 2.75) is 71.1 Å². The van der Waals surface area contributed by atoms with Gasteiger partial charge in [-0.05, 0) is 87.0 Å². The van der Waals surface area contributed by atoms with Gasteiger partial charge in [0.1, 0.15) is 0 Å². The molecule has 0 unspecified atom stereocenters. The molecule has 1 saturated carbocycles. The molecule has 0 saturated heterocycles. The summed E-state index contributed by atoms with van der Waals surface area (Å²) in [6.45, 7) is 4.39. The van der Waals surface area contributed by atoms with Crippen LogP contribution in [0.4, 0.5) is 17.6 Å². The van der Waals surface area contributed by atoms with Crippen LogP contribution in [0.2, 0.25) is 0 Å². The van der Waals surface area contributed by atoms with E-state index in [1.165, 1.54) is 12.1 Å². The molecule has 6 heteroatoms. The van der Waals surface area contributed by atoms with Crippen LogP contribution in [0.3, 0.4) is 0 Å². The fraction of sp³-hybridized carbons (Fsp3) is 0.500. The number of hydrogen-bond acceptors (Lipinski definition) is 2. The Labute approximate surface area is 200 Å². The number of unbranched alkanes of at least 4 members (excludes halogenated alkanes) is 1. The largest absolute Gasteiger partial charge is 0.491 e. The number of aryl methyl sites for hydroxylation is 1. The van der Waals surface area contributed by atoms with Crippen LogP contribution in [0.15, 0.2) is 36.4 Å². The van der Waals surface area contributed by atoms with E-state index < -0.39 is 23.3 Å². The highest BCUT2D eigenvalue weighted by atomic mass is 19.2. The average Bonchev–Trinajstić information content (AvgIpc) is 2.84. The molecule has 1 aliphatic rings. The molecule has 0 radical (unpaired) electrons. The van der Waals surface area contributed by atoms with Gasteiger partial charge in [-0.3, -0.25) is 0 Å². The molecule has 0 aliphatic heterocycles. The first kappa shape index (κ1) is 26.1. The highest BCUT2D eigenvalue weighted by Gasteiger charge is 2.26. The number of allylic oxidation sites excluding steroid dienone is 2. The fourth-order valence-corrected chi connectivity index (χ4v) is 4.48. The van der Waals surface area contributed by atoms with Gasteiger partial charge in [0.05, 0.1) is 13.2 Å². The molecule has 0 N–H and O–H groups in total. The summed E-state index contributed by atoms with van der Waals surface area (Å²) in [5.74, 6) is -3.22. The lowest BCUT2D eigenvalue weighted by atomic mass is 9.78. The quantitative estimate of drug-likeness (QED) is 0.184. The van der Waals surface area contributed by atoms with E-state index in [-0.39, 0.29) is 24.0 Å². The van der Waals surface area contributed by atoms with E-state index in [0.29, 0.717) is 36.5 Å². The first-order chi connectivity index (χ1) is 16.5. The van der Waals surface area contributed by atoms with Gasteiger partial charge in [-0.25, -0.2) is 8.78 Å². The Bertz CT molecular complexity index is 965. The minimum atomic E-state index is -0.939. The van der Waals surface area contributed by atoms with Crippen molar-refractivity contribution in [2.24, 2.45) is 5.92 Å². The van der Waals surface area contributed by atoms with Crippen molar-refractivity contribution in [1.82, 2.24) is 0 Å². The molecule has 34 heavy (non-hydrogen) atoms. The maximum absolute atomic E-state index is 14.7. The monoisotopic (exact) mass is 478 g/mol. The third-order valence-electron chi connectivity index (χ3n) is 6.46. The molecular formula is C28H34F4O2. The molecule has 2 aromatic rings. The number of halogens is 4. The van der Waals surface area contributed by atoms with Gasteiger partial charge in [0.15, 0.2) is 23.1 Å². The first-order valence-corrected chi connectivity index (χ1v) is 12.3. The van der Waals surface area contributed by atoms with Crippen LogP contribution in [-0.4, -0.2) is 13.2 Å². The third kappa shape index (κ3) is 6.55. The highest BCUT2D eigenvalue weighted by Crippen LogP contribution is 2.39. The van der Waals surface area contributed by atoms with Crippen molar-refractivity contribution in [3.8, 4) is 11.5 Å². The Hall–Kier alpha value is -2.50. The second kappa shape index (κ2) is 12.8. The summed E-state index contributed by atoms with van der Waals surface area (Å²) in [6.07, 6.45) is 10.2. The molecule has 1 aliphatic carbocycles. The number of hydrogen-bond donors (Lipinski definition) is 0. The number of rotatable bonds is 11. The van der Waals surface area contributed by atoms with Crippen molar-refractivity contribution in [3.63, 3.8) is 0 Å². The molecule has 0 heterocycles. The molecule has 0 aromatic heterocycles. The second-order valence-corrected chi connectivity index (χ2v) is 8.85. The fourth-order valence-electron chi connectivity index (χ4n) is 4.48. The Balaban J connectivity index is 1.49. The molecule has 186 valence electrons. The van der Waals surface area contributed by atoms with E-state index >= 15 is 0 Å². The van der Waals surface area contributed by atoms with E-state index in [2.05, 4.69) is 6.08 Å². The highest BCUT2D eigenvalue weighted by molar-refractivity contribution is 5.34. The molecule has 3 rings (SSSR count). The summed E-state index contributed by atoms with van der Waals surface area (Å²) in [4.78, 5) is 0. The predicted molar refractivity (Wildman–Crippen MR) is 126 cm³/mol. The van der Waals surface area contributed by atoms with Crippen LogP contribution < -0.4 is 9.47 Å². The lowest BCUT2D eigenvalue weighted by Gasteiger charge is -2.27. The van der Waals surface area contributed by atoms with Crippen molar-refractivity contribution in [1.29, 1.82) is 0 Å². The van der Waals surface area contributed by atoms with E-state index in [4.69, 9.17) is 9.47 Å². The van der Waals surface area contributed by atoms with Gasteiger partial charge in [0.25, 0.3) is 0 Å². The van der Waals surface area contributed by atoms with E-state index in [0.717, 1.165) is 38.5 Å². The molecular weight excluding hydrogens is 444 g/mol. The zero-order valence-electron chi connectivity index (χ0n) is 20.0. The normalized spacial score (nSPS) is 18.4. The van der Waals surface area contributed by atoms with Crippen LogP contribution in [0.5, 0.6) is 11.5 Å². The Morgan fingerprint density at radius 2 is 1.50 bits per heavy atom. The van der Waals surface area contributed by atoms with Crippen LogP contribution >= 0.6 is 0 Å². The Kier molecular flexibility index (Phi) is 9.85. The van der Waals surface area contributed by atoms with Gasteiger partial charge in [-0.2, -0.15) is 8.78 Å². The van der Waals surface area contributed by atoms with Gasteiger partial charge in [0, 0.05) is 0 Å². The number of ether oxygens (including phenoxy) is 2. The number of benzene rings is 2. The minimum Gasteiger partial charge on any atom is -0.491 e. The van der Waals surface area contributed by atoms with Crippen molar-refractivity contribution >= 4 is 0 Å². The molecule has 0 amide bonds. The molecule has 2 nitrogen and oxygen atoms in total. The standard InChI is InChI=1S/C28H34F4O2/c1-3-5-18-34-24-17-15-22(26(30)28(24)32)20-12-10-19(11-13-20)8-6-7-9-21-14-16-23(33-4-2)27(31)25(21)29/h6,8,14-17,19-20H,3-5,7,9-13,18H2,1-2H3/b8-6+/t19-,20-. The summed E-state index contributed by atoms with van der Waals surface area (Å²) in [5, 5.41) is 0. The van der Waals surface area contributed by atoms with Gasteiger partial charge >= 0.3 is 0 Å². The zero-order valence-corrected chi connectivity index (χ0v) is 20.0. The summed E-state index contributed by atoms with van der Waals surface area (Å²) < 4.78 is 67.7. The van der Waals surface area contributed by atoms with Gasteiger partial charge in [0.2, 0.25) is 11.6 Å². The van der Waals surface area contributed by atoms with Crippen LogP contribution in [-0.2, 0) is 6.42 Å². The molecule has 1 fully saturated rings. The third-order valence-corrected chi connectivity index (χ3v) is 6.46. The molecule has 0 bridgehead atoms. The summed E-state index contributed by atoms with van der Waals surface area (Å²) >= 11 is 0. The lowest BCUT2D eigenvalue weighted by molar-refractivity contribution is 0.286. The summed E-state index contributed by atoms with van der Waals surface area (Å²) in [5.41, 5.74) is 0.754. The van der Waals surface area contributed by atoms with Gasteiger partial charge in [-0.15, -0.1) is 0 Å². The maximum Gasteiger partial charge on any atom is 0.200 e. The lowest BCUT2D eigenvalue weighted by Crippen LogP contribution is -2.14. The molecule has 0 atom stereocenters. The van der Waals surface area contributed by atoms with Crippen LogP contribution in [0.1, 0.15) is 75.8 Å². The average molecular weight is 479 g/mol. The van der Waals surface area contributed by atoms with Crippen molar-refractivity contribution in [2.75, 3.05) is 13.2 Å². The maximum atomic E-state index is 14.7. The first-order valence-electron chi connectivity index (χ1n) is 12.3. The molecule has 0 spiro atoms. The van der Waals surface area contributed by atoms with Crippen LogP contribution in [0, 0.1) is 29.2 Å². The Morgan fingerprint density at radius 1 is 0.824 bits per heavy atom. The predicted octanol–water partition coefficient (Wildman–Crippen LogP) is 8.28. The van der Waals surface area contributed by atoms with Gasteiger partial charge < -0.3 is 9.47 Å². The van der Waals surface area contributed by atoms with Gasteiger partial charge in [-0.1, -0.05) is 37.6 Å². The topological polar surface area (TPSA) is 18.5 Å². The SMILES string of the molecule is CCCCOc1ccc([C@H]2CC[C@H](/C=C/CCc3ccc(OCC)c(F)c3F)CC2)c(F)c1F. The van der Waals surface area contributed by atoms with Crippen molar-refractivity contribution in [3.05, 3.63) is 70.8 Å².